The fraction of sp³-hybridized carbons (Fsp3) is 0.464. The molecule has 3 aliphatic rings. The first-order valence-electron chi connectivity index (χ1n) is 13.0. The summed E-state index contributed by atoms with van der Waals surface area (Å²) in [6.45, 7) is 7.10. The lowest BCUT2D eigenvalue weighted by molar-refractivity contribution is 0.374. The second kappa shape index (κ2) is 9.04. The van der Waals surface area contributed by atoms with Gasteiger partial charge < -0.3 is 25.2 Å². The Morgan fingerprint density at radius 2 is 1.76 bits per heavy atom. The zero-order valence-electron chi connectivity index (χ0n) is 21.8. The lowest BCUT2D eigenvalue weighted by Gasteiger charge is -2.39. The first kappa shape index (κ1) is 23.8. The average molecular weight is 504 g/mol. The molecule has 0 spiro atoms. The van der Waals surface area contributed by atoms with Crippen LogP contribution in [0, 0.1) is 17.7 Å². The van der Waals surface area contributed by atoms with E-state index in [-0.39, 0.29) is 11.2 Å². The Morgan fingerprint density at radius 1 is 1.03 bits per heavy atom. The number of ether oxygens (including phenoxy) is 1. The summed E-state index contributed by atoms with van der Waals surface area (Å²) in [7, 11) is 3.56. The van der Waals surface area contributed by atoms with E-state index in [2.05, 4.69) is 45.3 Å². The van der Waals surface area contributed by atoms with Crippen LogP contribution < -0.4 is 25.2 Å². The van der Waals surface area contributed by atoms with Crippen molar-refractivity contribution in [1.82, 2.24) is 15.0 Å². The molecule has 1 saturated heterocycles. The molecule has 0 radical (unpaired) electrons. The van der Waals surface area contributed by atoms with Gasteiger partial charge in [0.15, 0.2) is 0 Å². The van der Waals surface area contributed by atoms with Crippen LogP contribution >= 0.6 is 0 Å². The molecule has 8 nitrogen and oxygen atoms in total. The fourth-order valence-electron chi connectivity index (χ4n) is 6.42. The van der Waals surface area contributed by atoms with Gasteiger partial charge in [-0.15, -0.1) is 0 Å². The van der Waals surface area contributed by atoms with Crippen molar-refractivity contribution in [3.05, 3.63) is 54.0 Å². The summed E-state index contributed by atoms with van der Waals surface area (Å²) in [5.41, 5.74) is 3.03. The van der Waals surface area contributed by atoms with Crippen molar-refractivity contribution in [1.29, 1.82) is 0 Å². The molecule has 2 N–H and O–H groups in total. The van der Waals surface area contributed by atoms with Gasteiger partial charge >= 0.3 is 0 Å². The highest BCUT2D eigenvalue weighted by molar-refractivity contribution is 5.75. The van der Waals surface area contributed by atoms with E-state index in [1.807, 2.05) is 31.4 Å². The third-order valence-corrected chi connectivity index (χ3v) is 8.17. The van der Waals surface area contributed by atoms with Gasteiger partial charge in [-0.2, -0.15) is 9.97 Å². The molecule has 2 aromatic heterocycles. The molecule has 9 heteroatoms. The molecule has 0 amide bonds. The Morgan fingerprint density at radius 3 is 2.43 bits per heavy atom. The predicted octanol–water partition coefficient (Wildman–Crippen LogP) is 4.82. The molecule has 37 heavy (non-hydrogen) atoms. The molecular formula is C28H34FN7O. The highest BCUT2D eigenvalue weighted by atomic mass is 19.1. The summed E-state index contributed by atoms with van der Waals surface area (Å²) >= 11 is 0. The monoisotopic (exact) mass is 503 g/mol. The summed E-state index contributed by atoms with van der Waals surface area (Å²) in [4.78, 5) is 18.9. The molecule has 6 rings (SSSR count). The number of aromatic nitrogens is 3. The Balaban J connectivity index is 1.28. The highest BCUT2D eigenvalue weighted by Crippen LogP contribution is 2.47. The molecule has 194 valence electrons. The number of halogens is 1. The first-order valence-corrected chi connectivity index (χ1v) is 13.0. The van der Waals surface area contributed by atoms with Gasteiger partial charge in [-0.25, -0.2) is 9.37 Å². The molecule has 2 unspecified atom stereocenters. The number of nitrogens with one attached hydrogen (secondary N) is 2. The summed E-state index contributed by atoms with van der Waals surface area (Å²) in [6.07, 6.45) is 4.17. The number of hydrogen-bond acceptors (Lipinski definition) is 8. The third-order valence-electron chi connectivity index (χ3n) is 8.17. The minimum absolute atomic E-state index is 0.156. The van der Waals surface area contributed by atoms with Gasteiger partial charge in [-0.05, 0) is 55.0 Å². The number of benzene rings is 1. The van der Waals surface area contributed by atoms with E-state index in [0.29, 0.717) is 29.7 Å². The standard InChI is InChI=1S/C28H34FN7O/c1-28(2)16-36(20-9-7-19(29)8-10-20)26-23(28)25(30-3)33-27(34-26)32-24-17-5-6-18(24)15-35(14-17)21-11-12-31-22(13-21)37-4/h7-13,17-18,24H,5-6,14-16H2,1-4H3,(H2,30,32,33,34). The van der Waals surface area contributed by atoms with E-state index in [0.717, 1.165) is 48.2 Å². The van der Waals surface area contributed by atoms with Gasteiger partial charge in [0.1, 0.15) is 17.5 Å². The summed E-state index contributed by atoms with van der Waals surface area (Å²) in [5.74, 6) is 3.77. The van der Waals surface area contributed by atoms with Crippen molar-refractivity contribution in [2.75, 3.05) is 54.2 Å². The minimum atomic E-state index is -0.240. The number of fused-ring (bicyclic) bond motifs is 3. The molecule has 3 aromatic rings. The van der Waals surface area contributed by atoms with E-state index >= 15 is 0 Å². The van der Waals surface area contributed by atoms with Gasteiger partial charge in [-0.1, -0.05) is 13.8 Å². The third kappa shape index (κ3) is 4.20. The molecule has 2 aliphatic heterocycles. The molecule has 2 atom stereocenters. The smallest absolute Gasteiger partial charge is 0.226 e. The Labute approximate surface area is 217 Å². The van der Waals surface area contributed by atoms with Crippen molar-refractivity contribution in [2.45, 2.75) is 38.1 Å². The van der Waals surface area contributed by atoms with Gasteiger partial charge in [0.05, 0.1) is 7.11 Å². The number of hydrogen-bond donors (Lipinski definition) is 2. The van der Waals surface area contributed by atoms with E-state index in [1.165, 1.54) is 25.0 Å². The second-order valence-corrected chi connectivity index (χ2v) is 11.0. The number of rotatable bonds is 6. The zero-order chi connectivity index (χ0) is 25.7. The highest BCUT2D eigenvalue weighted by Gasteiger charge is 2.44. The van der Waals surface area contributed by atoms with E-state index in [4.69, 9.17) is 14.7 Å². The molecular weight excluding hydrogens is 469 g/mol. The van der Waals surface area contributed by atoms with Crippen molar-refractivity contribution in [3.8, 4) is 5.88 Å². The van der Waals surface area contributed by atoms with Crippen molar-refractivity contribution < 1.29 is 9.13 Å². The largest absolute Gasteiger partial charge is 0.481 e. The Bertz CT molecular complexity index is 1280. The summed E-state index contributed by atoms with van der Waals surface area (Å²) < 4.78 is 19.0. The maximum absolute atomic E-state index is 13.6. The number of methoxy groups -OCH3 is 1. The number of anilines is 5. The van der Waals surface area contributed by atoms with Crippen molar-refractivity contribution >= 4 is 29.0 Å². The maximum Gasteiger partial charge on any atom is 0.226 e. The van der Waals surface area contributed by atoms with Gasteiger partial charge in [0, 0.05) is 67.3 Å². The van der Waals surface area contributed by atoms with Gasteiger partial charge in [0.2, 0.25) is 11.8 Å². The topological polar surface area (TPSA) is 78.4 Å². The fourth-order valence-corrected chi connectivity index (χ4v) is 6.42. The zero-order valence-corrected chi connectivity index (χ0v) is 21.8. The number of piperidine rings is 1. The Hall–Kier alpha value is -3.62. The number of nitrogens with zero attached hydrogens (tertiary/aromatic N) is 5. The van der Waals surface area contributed by atoms with Crippen LogP contribution in [0.3, 0.4) is 0 Å². The van der Waals surface area contributed by atoms with Crippen LogP contribution in [0.1, 0.15) is 32.3 Å². The van der Waals surface area contributed by atoms with Crippen LogP contribution in [-0.4, -0.2) is 54.8 Å². The van der Waals surface area contributed by atoms with Crippen LogP contribution in [0.2, 0.25) is 0 Å². The van der Waals surface area contributed by atoms with Crippen LogP contribution in [0.15, 0.2) is 42.6 Å². The lowest BCUT2D eigenvalue weighted by atomic mass is 9.88. The van der Waals surface area contributed by atoms with Crippen LogP contribution in [-0.2, 0) is 5.41 Å². The lowest BCUT2D eigenvalue weighted by Crippen LogP contribution is -2.48. The minimum Gasteiger partial charge on any atom is -0.481 e. The maximum atomic E-state index is 13.6. The summed E-state index contributed by atoms with van der Waals surface area (Å²) in [5, 5.41) is 7.05. The molecule has 1 saturated carbocycles. The summed E-state index contributed by atoms with van der Waals surface area (Å²) in [6, 6.07) is 11.0. The van der Waals surface area contributed by atoms with Gasteiger partial charge in [0.25, 0.3) is 0 Å². The Kier molecular flexibility index (Phi) is 5.81. The SMILES string of the molecule is CNc1nc(NC2C3CCC2CN(c2ccnc(OC)c2)C3)nc2c1C(C)(C)CN2c1ccc(F)cc1. The van der Waals surface area contributed by atoms with E-state index in [9.17, 15) is 4.39 Å². The van der Waals surface area contributed by atoms with Crippen molar-refractivity contribution in [2.24, 2.45) is 11.8 Å². The van der Waals surface area contributed by atoms with E-state index < -0.39 is 0 Å². The first-order chi connectivity index (χ1) is 17.9. The van der Waals surface area contributed by atoms with Gasteiger partial charge in [-0.3, -0.25) is 0 Å². The second-order valence-electron chi connectivity index (χ2n) is 11.0. The molecule has 1 aliphatic carbocycles. The molecule has 4 heterocycles. The van der Waals surface area contributed by atoms with Crippen LogP contribution in [0.5, 0.6) is 5.88 Å². The van der Waals surface area contributed by atoms with E-state index in [1.54, 1.807) is 7.11 Å². The van der Waals surface area contributed by atoms with Crippen LogP contribution in [0.4, 0.5) is 33.3 Å². The molecule has 2 bridgehead atoms. The van der Waals surface area contributed by atoms with Crippen LogP contribution in [0.25, 0.3) is 0 Å². The molecule has 1 aromatic carbocycles. The number of pyridine rings is 1. The average Bonchev–Trinajstić information content (AvgIpc) is 3.29. The van der Waals surface area contributed by atoms with Crippen molar-refractivity contribution in [3.63, 3.8) is 0 Å². The predicted molar refractivity (Wildman–Crippen MR) is 145 cm³/mol. The quantitative estimate of drug-likeness (QED) is 0.496. The normalized spacial score (nSPS) is 23.6. The molecule has 2 fully saturated rings.